The standard InChI is InChI=1S/C22H23ClN2O3S2/c1-3-4-5-16-6-10-18(11-7-16)24-22(26)21-20(14-15-29-21)30(27,28)25(2)19-12-8-17(23)9-13-19/h6-15H,3-5H2,1-2H3,(H,24,26). The lowest BCUT2D eigenvalue weighted by atomic mass is 10.1. The minimum Gasteiger partial charge on any atom is -0.321 e. The quantitative estimate of drug-likeness (QED) is 0.458. The highest BCUT2D eigenvalue weighted by Crippen LogP contribution is 2.29. The number of hydrogen-bond donors (Lipinski definition) is 1. The summed E-state index contributed by atoms with van der Waals surface area (Å²) in [7, 11) is -2.46. The lowest BCUT2D eigenvalue weighted by Crippen LogP contribution is -2.28. The average Bonchev–Trinajstić information content (AvgIpc) is 3.24. The molecule has 3 aromatic rings. The van der Waals surface area contributed by atoms with Crippen LogP contribution >= 0.6 is 22.9 Å². The molecule has 158 valence electrons. The van der Waals surface area contributed by atoms with Crippen LogP contribution in [0.4, 0.5) is 11.4 Å². The van der Waals surface area contributed by atoms with Gasteiger partial charge in [-0.3, -0.25) is 9.10 Å². The Labute approximate surface area is 186 Å². The summed E-state index contributed by atoms with van der Waals surface area (Å²) in [5, 5.41) is 4.91. The van der Waals surface area contributed by atoms with Crippen molar-refractivity contribution in [2.45, 2.75) is 31.1 Å². The van der Waals surface area contributed by atoms with Gasteiger partial charge in [-0.1, -0.05) is 37.1 Å². The Hall–Kier alpha value is -2.35. The van der Waals surface area contributed by atoms with Gasteiger partial charge >= 0.3 is 0 Å². The summed E-state index contributed by atoms with van der Waals surface area (Å²) >= 11 is 6.98. The normalized spacial score (nSPS) is 11.3. The van der Waals surface area contributed by atoms with Crippen LogP contribution in [0.15, 0.2) is 64.9 Å². The van der Waals surface area contributed by atoms with Gasteiger partial charge in [0.1, 0.15) is 9.77 Å². The number of thiophene rings is 1. The Morgan fingerprint density at radius 1 is 1.07 bits per heavy atom. The molecule has 1 amide bonds. The molecule has 0 spiro atoms. The lowest BCUT2D eigenvalue weighted by Gasteiger charge is -2.19. The molecular weight excluding hydrogens is 440 g/mol. The summed E-state index contributed by atoms with van der Waals surface area (Å²) in [5.41, 5.74) is 2.29. The molecular formula is C22H23ClN2O3S2. The number of unbranched alkanes of at least 4 members (excludes halogenated alkanes) is 1. The molecule has 0 saturated heterocycles. The van der Waals surface area contributed by atoms with Crippen LogP contribution in [-0.4, -0.2) is 21.4 Å². The number of aryl methyl sites for hydroxylation is 1. The van der Waals surface area contributed by atoms with Crippen LogP contribution in [0.25, 0.3) is 0 Å². The van der Waals surface area contributed by atoms with E-state index in [9.17, 15) is 13.2 Å². The molecule has 1 N–H and O–H groups in total. The van der Waals surface area contributed by atoms with Crippen LogP contribution in [0.2, 0.25) is 5.02 Å². The van der Waals surface area contributed by atoms with E-state index in [4.69, 9.17) is 11.6 Å². The van der Waals surface area contributed by atoms with Crippen molar-refractivity contribution in [2.24, 2.45) is 0 Å². The van der Waals surface area contributed by atoms with E-state index >= 15 is 0 Å². The highest BCUT2D eigenvalue weighted by atomic mass is 35.5. The zero-order valence-electron chi connectivity index (χ0n) is 16.8. The minimum absolute atomic E-state index is 0.0259. The van der Waals surface area contributed by atoms with E-state index in [0.717, 1.165) is 34.9 Å². The third-order valence-corrected chi connectivity index (χ3v) is 7.82. The molecule has 0 aliphatic heterocycles. The van der Waals surface area contributed by atoms with Gasteiger partial charge in [-0.25, -0.2) is 8.42 Å². The second-order valence-corrected chi connectivity index (χ2v) is 10.1. The molecule has 0 atom stereocenters. The van der Waals surface area contributed by atoms with E-state index in [-0.39, 0.29) is 9.77 Å². The monoisotopic (exact) mass is 462 g/mol. The maximum atomic E-state index is 13.1. The summed E-state index contributed by atoms with van der Waals surface area (Å²) in [6.45, 7) is 2.14. The van der Waals surface area contributed by atoms with Crippen molar-refractivity contribution >= 4 is 50.2 Å². The van der Waals surface area contributed by atoms with Crippen LogP contribution in [-0.2, 0) is 16.4 Å². The van der Waals surface area contributed by atoms with Crippen LogP contribution in [0, 0.1) is 0 Å². The number of carbonyl (C=O) groups excluding carboxylic acids is 1. The van der Waals surface area contributed by atoms with Gasteiger partial charge in [-0.15, -0.1) is 11.3 Å². The smallest absolute Gasteiger partial charge is 0.267 e. The van der Waals surface area contributed by atoms with Crippen molar-refractivity contribution in [2.75, 3.05) is 16.7 Å². The number of halogens is 1. The molecule has 0 unspecified atom stereocenters. The van der Waals surface area contributed by atoms with Crippen molar-refractivity contribution < 1.29 is 13.2 Å². The van der Waals surface area contributed by atoms with Crippen molar-refractivity contribution in [3.63, 3.8) is 0 Å². The number of rotatable bonds is 8. The molecule has 2 aromatic carbocycles. The fourth-order valence-corrected chi connectivity index (χ4v) is 5.54. The molecule has 0 fully saturated rings. The average molecular weight is 463 g/mol. The lowest BCUT2D eigenvalue weighted by molar-refractivity contribution is 0.102. The van der Waals surface area contributed by atoms with Gasteiger partial charge in [0.25, 0.3) is 15.9 Å². The Morgan fingerprint density at radius 3 is 2.37 bits per heavy atom. The van der Waals surface area contributed by atoms with Gasteiger partial charge in [0.15, 0.2) is 0 Å². The van der Waals surface area contributed by atoms with Crippen molar-refractivity contribution in [3.8, 4) is 0 Å². The summed E-state index contributed by atoms with van der Waals surface area (Å²) in [6.07, 6.45) is 3.23. The Bertz CT molecular complexity index is 1110. The molecule has 1 heterocycles. The first-order valence-electron chi connectivity index (χ1n) is 9.55. The summed E-state index contributed by atoms with van der Waals surface area (Å²) in [4.78, 5) is 12.9. The molecule has 0 bridgehead atoms. The summed E-state index contributed by atoms with van der Waals surface area (Å²) in [6, 6.07) is 15.6. The van der Waals surface area contributed by atoms with E-state index in [2.05, 4.69) is 12.2 Å². The minimum atomic E-state index is -3.91. The molecule has 0 aliphatic carbocycles. The number of amides is 1. The molecule has 0 aliphatic rings. The third kappa shape index (κ3) is 5.03. The van der Waals surface area contributed by atoms with E-state index < -0.39 is 15.9 Å². The number of carbonyl (C=O) groups is 1. The van der Waals surface area contributed by atoms with Gasteiger partial charge in [0.05, 0.1) is 5.69 Å². The van der Waals surface area contributed by atoms with E-state index in [1.165, 1.54) is 18.7 Å². The highest BCUT2D eigenvalue weighted by molar-refractivity contribution is 7.93. The first kappa shape index (κ1) is 22.3. The van der Waals surface area contributed by atoms with Crippen molar-refractivity contribution in [1.29, 1.82) is 0 Å². The Kier molecular flexibility index (Phi) is 7.18. The highest BCUT2D eigenvalue weighted by Gasteiger charge is 2.28. The maximum absolute atomic E-state index is 13.1. The zero-order valence-corrected chi connectivity index (χ0v) is 19.2. The number of anilines is 2. The van der Waals surface area contributed by atoms with Gasteiger partial charge in [0.2, 0.25) is 0 Å². The van der Waals surface area contributed by atoms with Crippen molar-refractivity contribution in [3.05, 3.63) is 75.4 Å². The largest absolute Gasteiger partial charge is 0.321 e. The topological polar surface area (TPSA) is 66.5 Å². The van der Waals surface area contributed by atoms with E-state index in [1.807, 2.05) is 24.3 Å². The molecule has 30 heavy (non-hydrogen) atoms. The first-order chi connectivity index (χ1) is 14.3. The molecule has 5 nitrogen and oxygen atoms in total. The van der Waals surface area contributed by atoms with Crippen LogP contribution < -0.4 is 9.62 Å². The summed E-state index contributed by atoms with van der Waals surface area (Å²) < 4.78 is 27.4. The number of benzene rings is 2. The predicted octanol–water partition coefficient (Wildman–Crippen LogP) is 5.82. The first-order valence-corrected chi connectivity index (χ1v) is 12.2. The molecule has 0 radical (unpaired) electrons. The second kappa shape index (κ2) is 9.64. The second-order valence-electron chi connectivity index (χ2n) is 6.82. The van der Waals surface area contributed by atoms with Crippen LogP contribution in [0.1, 0.15) is 35.0 Å². The van der Waals surface area contributed by atoms with Crippen LogP contribution in [0.3, 0.4) is 0 Å². The predicted molar refractivity (Wildman–Crippen MR) is 124 cm³/mol. The molecule has 8 heteroatoms. The Balaban J connectivity index is 1.79. The molecule has 1 aromatic heterocycles. The maximum Gasteiger partial charge on any atom is 0.267 e. The van der Waals surface area contributed by atoms with Gasteiger partial charge in [-0.2, -0.15) is 0 Å². The third-order valence-electron chi connectivity index (χ3n) is 4.69. The summed E-state index contributed by atoms with van der Waals surface area (Å²) in [5.74, 6) is -0.450. The number of hydrogen-bond acceptors (Lipinski definition) is 4. The number of nitrogens with zero attached hydrogens (tertiary/aromatic N) is 1. The zero-order chi connectivity index (χ0) is 21.7. The van der Waals surface area contributed by atoms with Gasteiger partial charge in [0, 0.05) is 17.8 Å². The SMILES string of the molecule is CCCCc1ccc(NC(=O)c2sccc2S(=O)(=O)N(C)c2ccc(Cl)cc2)cc1. The fraction of sp³-hybridized carbons (Fsp3) is 0.227. The molecule has 3 rings (SSSR count). The van der Waals surface area contributed by atoms with Gasteiger partial charge in [-0.05, 0) is 66.2 Å². The Morgan fingerprint density at radius 2 is 1.73 bits per heavy atom. The van der Waals surface area contributed by atoms with E-state index in [0.29, 0.717) is 16.4 Å². The number of sulfonamides is 1. The molecule has 0 saturated carbocycles. The van der Waals surface area contributed by atoms with Crippen LogP contribution in [0.5, 0.6) is 0 Å². The number of nitrogens with one attached hydrogen (secondary N) is 1. The van der Waals surface area contributed by atoms with Gasteiger partial charge < -0.3 is 5.32 Å². The fourth-order valence-electron chi connectivity index (χ4n) is 2.93. The van der Waals surface area contributed by atoms with E-state index in [1.54, 1.807) is 29.6 Å². The van der Waals surface area contributed by atoms with Crippen molar-refractivity contribution in [1.82, 2.24) is 0 Å².